The fourth-order valence-corrected chi connectivity index (χ4v) is 3.66. The van der Waals surface area contributed by atoms with Crippen molar-refractivity contribution in [2.24, 2.45) is 5.92 Å². The average Bonchev–Trinajstić information content (AvgIpc) is 2.49. The number of hydrogen-bond donors (Lipinski definition) is 1. The quantitative estimate of drug-likeness (QED) is 0.928. The molecule has 4 heteroatoms. The Kier molecular flexibility index (Phi) is 5.77. The first-order valence-corrected chi connectivity index (χ1v) is 7.91. The van der Waals surface area contributed by atoms with Crippen LogP contribution in [0.1, 0.15) is 30.4 Å². The summed E-state index contributed by atoms with van der Waals surface area (Å²) < 4.78 is 5.63. The maximum absolute atomic E-state index is 5.63. The molecule has 3 rings (SSSR count). The van der Waals surface area contributed by atoms with Crippen LogP contribution in [0.25, 0.3) is 0 Å². The van der Waals surface area contributed by atoms with Crippen molar-refractivity contribution >= 4 is 18.1 Å². The zero-order valence-corrected chi connectivity index (χ0v) is 14.0. The van der Waals surface area contributed by atoms with Gasteiger partial charge in [0, 0.05) is 13.1 Å². The summed E-state index contributed by atoms with van der Waals surface area (Å²) in [6.45, 7) is 6.95. The summed E-state index contributed by atoms with van der Waals surface area (Å²) in [5, 5.41) is 3.46. The third-order valence-electron chi connectivity index (χ3n) is 4.81. The third-order valence-corrected chi connectivity index (χ3v) is 4.81. The standard InChI is InChI=1S/C17H26N2O.ClH/c1-13-5-6-16(20-2)17-15(13)4-3-11-19(17)12-14-7-9-18-10-8-14;/h5-6,14,18H,3-4,7-12H2,1-2H3;1H. The van der Waals surface area contributed by atoms with E-state index in [2.05, 4.69) is 29.3 Å². The number of methoxy groups -OCH3 is 1. The van der Waals surface area contributed by atoms with E-state index in [0.717, 1.165) is 11.7 Å². The van der Waals surface area contributed by atoms with E-state index in [-0.39, 0.29) is 12.4 Å². The Morgan fingerprint density at radius 3 is 2.76 bits per heavy atom. The SMILES string of the molecule is COc1ccc(C)c2c1N(CC1CCNCC1)CCC2.Cl. The van der Waals surface area contributed by atoms with Crippen LogP contribution < -0.4 is 15.0 Å². The molecule has 0 saturated carbocycles. The van der Waals surface area contributed by atoms with E-state index in [9.17, 15) is 0 Å². The molecule has 1 fully saturated rings. The maximum atomic E-state index is 5.63. The number of nitrogens with zero attached hydrogens (tertiary/aromatic N) is 1. The van der Waals surface area contributed by atoms with Gasteiger partial charge >= 0.3 is 0 Å². The van der Waals surface area contributed by atoms with E-state index < -0.39 is 0 Å². The maximum Gasteiger partial charge on any atom is 0.142 e. The molecule has 3 nitrogen and oxygen atoms in total. The van der Waals surface area contributed by atoms with Crippen LogP contribution in [0.3, 0.4) is 0 Å². The first-order chi connectivity index (χ1) is 9.79. The number of nitrogens with one attached hydrogen (secondary N) is 1. The van der Waals surface area contributed by atoms with Gasteiger partial charge in [-0.05, 0) is 68.8 Å². The number of benzene rings is 1. The highest BCUT2D eigenvalue weighted by molar-refractivity contribution is 5.85. The molecule has 2 heterocycles. The second-order valence-corrected chi connectivity index (χ2v) is 6.15. The fraction of sp³-hybridized carbons (Fsp3) is 0.647. The molecule has 0 aromatic heterocycles. The van der Waals surface area contributed by atoms with Gasteiger partial charge in [0.1, 0.15) is 5.75 Å². The van der Waals surface area contributed by atoms with Crippen molar-refractivity contribution in [1.82, 2.24) is 5.32 Å². The minimum absolute atomic E-state index is 0. The highest BCUT2D eigenvalue weighted by atomic mass is 35.5. The molecule has 0 unspecified atom stereocenters. The van der Waals surface area contributed by atoms with Crippen molar-refractivity contribution in [1.29, 1.82) is 0 Å². The summed E-state index contributed by atoms with van der Waals surface area (Å²) >= 11 is 0. The van der Waals surface area contributed by atoms with Crippen LogP contribution in [0.4, 0.5) is 5.69 Å². The molecule has 2 aliphatic heterocycles. The lowest BCUT2D eigenvalue weighted by atomic mass is 9.93. The summed E-state index contributed by atoms with van der Waals surface area (Å²) in [6.07, 6.45) is 5.08. The molecule has 2 aliphatic rings. The minimum atomic E-state index is 0. The van der Waals surface area contributed by atoms with E-state index in [1.54, 1.807) is 7.11 Å². The van der Waals surface area contributed by atoms with Crippen molar-refractivity contribution in [3.8, 4) is 5.75 Å². The van der Waals surface area contributed by atoms with Gasteiger partial charge in [-0.1, -0.05) is 6.07 Å². The lowest BCUT2D eigenvalue weighted by Crippen LogP contribution is -2.38. The molecule has 0 spiro atoms. The first-order valence-electron chi connectivity index (χ1n) is 7.91. The molecule has 1 aromatic carbocycles. The molecule has 118 valence electrons. The molecule has 1 saturated heterocycles. The predicted octanol–water partition coefficient (Wildman–Crippen LogP) is 3.18. The zero-order chi connectivity index (χ0) is 13.9. The van der Waals surface area contributed by atoms with Crippen LogP contribution >= 0.6 is 12.4 Å². The number of anilines is 1. The van der Waals surface area contributed by atoms with E-state index in [1.165, 1.54) is 68.7 Å². The Hall–Kier alpha value is -0.930. The van der Waals surface area contributed by atoms with Gasteiger partial charge in [-0.25, -0.2) is 0 Å². The van der Waals surface area contributed by atoms with Crippen LogP contribution in [-0.4, -0.2) is 33.3 Å². The summed E-state index contributed by atoms with van der Waals surface area (Å²) in [4.78, 5) is 2.58. The number of hydrogen-bond acceptors (Lipinski definition) is 3. The highest BCUT2D eigenvalue weighted by Crippen LogP contribution is 2.38. The summed E-state index contributed by atoms with van der Waals surface area (Å²) in [5.41, 5.74) is 4.29. The monoisotopic (exact) mass is 310 g/mol. The number of fused-ring (bicyclic) bond motifs is 1. The molecule has 0 radical (unpaired) electrons. The summed E-state index contributed by atoms with van der Waals surface area (Å²) in [7, 11) is 1.79. The number of ether oxygens (including phenoxy) is 1. The Bertz CT molecular complexity index is 472. The van der Waals surface area contributed by atoms with Crippen LogP contribution in [0, 0.1) is 12.8 Å². The average molecular weight is 311 g/mol. The third kappa shape index (κ3) is 3.46. The molecule has 1 N–H and O–H groups in total. The zero-order valence-electron chi connectivity index (χ0n) is 13.2. The van der Waals surface area contributed by atoms with Crippen molar-refractivity contribution < 1.29 is 4.74 Å². The number of rotatable bonds is 3. The molecular weight excluding hydrogens is 284 g/mol. The van der Waals surface area contributed by atoms with Gasteiger partial charge in [0.05, 0.1) is 12.8 Å². The fourth-order valence-electron chi connectivity index (χ4n) is 3.66. The Morgan fingerprint density at radius 2 is 2.05 bits per heavy atom. The van der Waals surface area contributed by atoms with E-state index in [4.69, 9.17) is 4.74 Å². The molecule has 0 atom stereocenters. The molecule has 0 bridgehead atoms. The van der Waals surface area contributed by atoms with Crippen LogP contribution in [-0.2, 0) is 6.42 Å². The number of halogens is 1. The topological polar surface area (TPSA) is 24.5 Å². The highest BCUT2D eigenvalue weighted by Gasteiger charge is 2.25. The van der Waals surface area contributed by atoms with Crippen molar-refractivity contribution in [3.05, 3.63) is 23.3 Å². The van der Waals surface area contributed by atoms with E-state index in [0.29, 0.717) is 0 Å². The Morgan fingerprint density at radius 1 is 1.29 bits per heavy atom. The van der Waals surface area contributed by atoms with Crippen LogP contribution in [0.5, 0.6) is 5.75 Å². The molecule has 0 amide bonds. The Labute approximate surface area is 134 Å². The Balaban J connectivity index is 0.00000161. The van der Waals surface area contributed by atoms with Gasteiger partial charge in [-0.2, -0.15) is 0 Å². The predicted molar refractivity (Wildman–Crippen MR) is 91.1 cm³/mol. The van der Waals surface area contributed by atoms with Crippen LogP contribution in [0.15, 0.2) is 12.1 Å². The van der Waals surface area contributed by atoms with E-state index >= 15 is 0 Å². The van der Waals surface area contributed by atoms with Gasteiger partial charge in [0.15, 0.2) is 0 Å². The normalized spacial score (nSPS) is 18.9. The molecule has 21 heavy (non-hydrogen) atoms. The summed E-state index contributed by atoms with van der Waals surface area (Å²) in [6, 6.07) is 4.33. The van der Waals surface area contributed by atoms with Gasteiger partial charge in [0.2, 0.25) is 0 Å². The van der Waals surface area contributed by atoms with Crippen molar-refractivity contribution in [3.63, 3.8) is 0 Å². The lowest BCUT2D eigenvalue weighted by Gasteiger charge is -2.37. The molecule has 0 aliphatic carbocycles. The molecular formula is C17H27ClN2O. The van der Waals surface area contributed by atoms with Gasteiger partial charge < -0.3 is 15.0 Å². The first kappa shape index (κ1) is 16.4. The minimum Gasteiger partial charge on any atom is -0.495 e. The van der Waals surface area contributed by atoms with Crippen molar-refractivity contribution in [2.75, 3.05) is 38.2 Å². The van der Waals surface area contributed by atoms with Gasteiger partial charge in [0.25, 0.3) is 0 Å². The van der Waals surface area contributed by atoms with E-state index in [1.807, 2.05) is 0 Å². The number of piperidine rings is 1. The molecule has 1 aromatic rings. The van der Waals surface area contributed by atoms with Crippen molar-refractivity contribution in [2.45, 2.75) is 32.6 Å². The van der Waals surface area contributed by atoms with Crippen LogP contribution in [0.2, 0.25) is 0 Å². The van der Waals surface area contributed by atoms with Gasteiger partial charge in [-0.3, -0.25) is 0 Å². The summed E-state index contributed by atoms with van der Waals surface area (Å²) in [5.74, 6) is 1.88. The van der Waals surface area contributed by atoms with Gasteiger partial charge in [-0.15, -0.1) is 12.4 Å². The second-order valence-electron chi connectivity index (χ2n) is 6.15. The second kappa shape index (κ2) is 7.37. The lowest BCUT2D eigenvalue weighted by molar-refractivity contribution is 0.367. The number of aryl methyl sites for hydroxylation is 1. The smallest absolute Gasteiger partial charge is 0.142 e. The largest absolute Gasteiger partial charge is 0.495 e.